The Kier molecular flexibility index (Phi) is 7.06. The molecule has 3 nitrogen and oxygen atoms in total. The summed E-state index contributed by atoms with van der Waals surface area (Å²) < 4.78 is 5.48. The van der Waals surface area contributed by atoms with E-state index in [1.54, 1.807) is 0 Å². The van der Waals surface area contributed by atoms with Gasteiger partial charge in [0.05, 0.1) is 6.61 Å². The van der Waals surface area contributed by atoms with Gasteiger partial charge in [-0.1, -0.05) is 38.1 Å². The van der Waals surface area contributed by atoms with Crippen LogP contribution in [-0.2, 0) is 17.9 Å². The Morgan fingerprint density at radius 3 is 2.47 bits per heavy atom. The number of nitrogens with one attached hydrogen (secondary N) is 1. The highest BCUT2D eigenvalue weighted by atomic mass is 16.5. The normalized spacial score (nSPS) is 14.3. The lowest BCUT2D eigenvalue weighted by molar-refractivity contribution is 0.131. The predicted octanol–water partition coefficient (Wildman–Crippen LogP) is 2.72. The molecule has 0 fully saturated rings. The molecule has 0 aliphatic carbocycles. The third kappa shape index (κ3) is 5.31. The van der Waals surface area contributed by atoms with Crippen LogP contribution in [0.2, 0.25) is 0 Å². The highest BCUT2D eigenvalue weighted by Gasteiger charge is 2.20. The number of aliphatic hydroxyl groups is 1. The Labute approximate surface area is 117 Å². The molecule has 19 heavy (non-hydrogen) atoms. The van der Waals surface area contributed by atoms with Crippen molar-refractivity contribution in [3.8, 4) is 0 Å². The molecule has 1 aromatic carbocycles. The van der Waals surface area contributed by atoms with Crippen molar-refractivity contribution in [3.63, 3.8) is 0 Å². The van der Waals surface area contributed by atoms with E-state index in [9.17, 15) is 5.11 Å². The molecule has 1 rings (SSSR count). The minimum absolute atomic E-state index is 0.0329. The second-order valence-corrected chi connectivity index (χ2v) is 5.33. The minimum atomic E-state index is -0.0329. The second kappa shape index (κ2) is 8.31. The molecule has 1 aromatic rings. The van der Waals surface area contributed by atoms with Crippen molar-refractivity contribution < 1.29 is 9.84 Å². The summed E-state index contributed by atoms with van der Waals surface area (Å²) in [6, 6.07) is 8.33. The van der Waals surface area contributed by atoms with Crippen LogP contribution in [0.1, 0.15) is 38.3 Å². The molecule has 0 amide bonds. The monoisotopic (exact) mass is 265 g/mol. The average molecular weight is 265 g/mol. The summed E-state index contributed by atoms with van der Waals surface area (Å²) in [4.78, 5) is 0. The number of benzene rings is 1. The van der Waals surface area contributed by atoms with Gasteiger partial charge in [0.1, 0.15) is 0 Å². The quantitative estimate of drug-likeness (QED) is 0.721. The summed E-state index contributed by atoms with van der Waals surface area (Å²) in [5, 5.41) is 12.8. The maximum absolute atomic E-state index is 9.39. The highest BCUT2D eigenvalue weighted by molar-refractivity contribution is 5.26. The molecule has 0 saturated heterocycles. The van der Waals surface area contributed by atoms with Gasteiger partial charge in [-0.05, 0) is 24.5 Å². The van der Waals surface area contributed by atoms with Gasteiger partial charge in [-0.3, -0.25) is 0 Å². The molecule has 2 N–H and O–H groups in total. The molecule has 0 aliphatic heterocycles. The maximum atomic E-state index is 9.39. The highest BCUT2D eigenvalue weighted by Crippen LogP contribution is 2.19. The van der Waals surface area contributed by atoms with Crippen LogP contribution in [0.3, 0.4) is 0 Å². The molecule has 0 radical (unpaired) electrons. The SMILES string of the molecule is CCOCc1ccccc1CNCC(C)(CC)CO. The number of hydrogen-bond acceptors (Lipinski definition) is 3. The molecular weight excluding hydrogens is 238 g/mol. The van der Waals surface area contributed by atoms with Gasteiger partial charge in [0.25, 0.3) is 0 Å². The van der Waals surface area contributed by atoms with Gasteiger partial charge < -0.3 is 15.2 Å². The number of hydrogen-bond donors (Lipinski definition) is 2. The standard InChI is InChI=1S/C16H27NO2/c1-4-16(3,13-18)12-17-10-14-8-6-7-9-15(14)11-19-5-2/h6-9,17-18H,4-5,10-13H2,1-3H3. The van der Waals surface area contributed by atoms with E-state index in [0.29, 0.717) is 6.61 Å². The summed E-state index contributed by atoms with van der Waals surface area (Å²) in [7, 11) is 0. The fourth-order valence-corrected chi connectivity index (χ4v) is 1.87. The largest absolute Gasteiger partial charge is 0.396 e. The molecule has 0 aromatic heterocycles. The lowest BCUT2D eigenvalue weighted by Gasteiger charge is -2.26. The first kappa shape index (κ1) is 16.2. The second-order valence-electron chi connectivity index (χ2n) is 5.33. The van der Waals surface area contributed by atoms with Crippen LogP contribution in [0.15, 0.2) is 24.3 Å². The number of rotatable bonds is 9. The van der Waals surface area contributed by atoms with E-state index in [0.717, 1.165) is 26.1 Å². The summed E-state index contributed by atoms with van der Waals surface area (Å²) in [5.41, 5.74) is 2.47. The van der Waals surface area contributed by atoms with Crippen LogP contribution in [0.5, 0.6) is 0 Å². The van der Waals surface area contributed by atoms with Crippen molar-refractivity contribution in [3.05, 3.63) is 35.4 Å². The zero-order valence-electron chi connectivity index (χ0n) is 12.4. The Morgan fingerprint density at radius 2 is 1.89 bits per heavy atom. The third-order valence-corrected chi connectivity index (χ3v) is 3.68. The van der Waals surface area contributed by atoms with Gasteiger partial charge in [0, 0.05) is 31.7 Å². The smallest absolute Gasteiger partial charge is 0.0719 e. The molecule has 0 heterocycles. The molecule has 3 heteroatoms. The first-order valence-corrected chi connectivity index (χ1v) is 7.11. The van der Waals surface area contributed by atoms with E-state index in [1.165, 1.54) is 11.1 Å². The zero-order valence-corrected chi connectivity index (χ0v) is 12.4. The van der Waals surface area contributed by atoms with Crippen LogP contribution in [0, 0.1) is 5.41 Å². The van der Waals surface area contributed by atoms with Gasteiger partial charge in [0.2, 0.25) is 0 Å². The maximum Gasteiger partial charge on any atom is 0.0719 e. The summed E-state index contributed by atoms with van der Waals surface area (Å²) in [6.45, 7) is 9.49. The molecule has 0 saturated carbocycles. The Hall–Kier alpha value is -0.900. The lowest BCUT2D eigenvalue weighted by atomic mass is 9.88. The first-order valence-electron chi connectivity index (χ1n) is 7.11. The Balaban J connectivity index is 2.53. The van der Waals surface area contributed by atoms with Crippen LogP contribution in [0.25, 0.3) is 0 Å². The molecular formula is C16H27NO2. The van der Waals surface area contributed by atoms with Gasteiger partial charge in [-0.15, -0.1) is 0 Å². The van der Waals surface area contributed by atoms with Crippen molar-refractivity contribution in [2.24, 2.45) is 5.41 Å². The van der Waals surface area contributed by atoms with Crippen LogP contribution in [-0.4, -0.2) is 24.9 Å². The van der Waals surface area contributed by atoms with Gasteiger partial charge in [-0.2, -0.15) is 0 Å². The van der Waals surface area contributed by atoms with E-state index in [4.69, 9.17) is 4.74 Å². The van der Waals surface area contributed by atoms with Gasteiger partial charge in [-0.25, -0.2) is 0 Å². The Bertz CT molecular complexity index is 362. The Morgan fingerprint density at radius 1 is 1.21 bits per heavy atom. The van der Waals surface area contributed by atoms with Crippen molar-refractivity contribution in [2.45, 2.75) is 40.3 Å². The van der Waals surface area contributed by atoms with Crippen molar-refractivity contribution in [1.29, 1.82) is 0 Å². The molecule has 0 bridgehead atoms. The topological polar surface area (TPSA) is 41.5 Å². The lowest BCUT2D eigenvalue weighted by Crippen LogP contribution is -2.34. The summed E-state index contributed by atoms with van der Waals surface area (Å²) in [5.74, 6) is 0. The molecule has 0 aliphatic rings. The van der Waals surface area contributed by atoms with Crippen LogP contribution in [0.4, 0.5) is 0 Å². The fraction of sp³-hybridized carbons (Fsp3) is 0.625. The van der Waals surface area contributed by atoms with E-state index in [1.807, 2.05) is 13.0 Å². The van der Waals surface area contributed by atoms with Crippen molar-refractivity contribution in [2.75, 3.05) is 19.8 Å². The summed E-state index contributed by atoms with van der Waals surface area (Å²) >= 11 is 0. The molecule has 1 atom stereocenters. The van der Waals surface area contributed by atoms with Crippen LogP contribution >= 0.6 is 0 Å². The van der Waals surface area contributed by atoms with Crippen molar-refractivity contribution in [1.82, 2.24) is 5.32 Å². The van der Waals surface area contributed by atoms with E-state index < -0.39 is 0 Å². The number of ether oxygens (including phenoxy) is 1. The molecule has 0 spiro atoms. The van der Waals surface area contributed by atoms with E-state index in [2.05, 4.69) is 37.4 Å². The minimum Gasteiger partial charge on any atom is -0.396 e. The fourth-order valence-electron chi connectivity index (χ4n) is 1.87. The molecule has 1 unspecified atom stereocenters. The molecule has 108 valence electrons. The van der Waals surface area contributed by atoms with E-state index >= 15 is 0 Å². The van der Waals surface area contributed by atoms with E-state index in [-0.39, 0.29) is 12.0 Å². The zero-order chi connectivity index (χ0) is 14.1. The van der Waals surface area contributed by atoms with Crippen molar-refractivity contribution >= 4 is 0 Å². The number of aliphatic hydroxyl groups excluding tert-OH is 1. The third-order valence-electron chi connectivity index (χ3n) is 3.68. The summed E-state index contributed by atoms with van der Waals surface area (Å²) in [6.07, 6.45) is 0.969. The van der Waals surface area contributed by atoms with Crippen LogP contribution < -0.4 is 5.32 Å². The first-order chi connectivity index (χ1) is 9.15. The average Bonchev–Trinajstić information content (AvgIpc) is 2.46. The van der Waals surface area contributed by atoms with Gasteiger partial charge in [0.15, 0.2) is 0 Å². The predicted molar refractivity (Wildman–Crippen MR) is 79.0 cm³/mol. The van der Waals surface area contributed by atoms with Gasteiger partial charge >= 0.3 is 0 Å².